The Labute approximate surface area is 132 Å². The first-order chi connectivity index (χ1) is 10.6. The van der Waals surface area contributed by atoms with Crippen LogP contribution >= 0.6 is 11.8 Å². The summed E-state index contributed by atoms with van der Waals surface area (Å²) in [4.78, 5) is 30.3. The maximum Gasteiger partial charge on any atom is 0.293 e. The fourth-order valence-electron chi connectivity index (χ4n) is 2.11. The smallest absolute Gasteiger partial charge is 0.268 e. The van der Waals surface area contributed by atoms with Crippen molar-refractivity contribution in [3.05, 3.63) is 70.4 Å². The lowest BCUT2D eigenvalue weighted by Gasteiger charge is -2.12. The summed E-state index contributed by atoms with van der Waals surface area (Å²) in [6, 6.07) is 13.3. The second-order valence-corrected chi connectivity index (χ2v) is 6.00. The number of carbonyl (C=O) groups excluding carboxylic acids is 2. The molecule has 2 aromatic rings. The van der Waals surface area contributed by atoms with Crippen molar-refractivity contribution < 1.29 is 9.59 Å². The summed E-state index contributed by atoms with van der Waals surface area (Å²) in [6.45, 7) is 2.30. The van der Waals surface area contributed by atoms with Crippen molar-refractivity contribution in [3.8, 4) is 0 Å². The lowest BCUT2D eigenvalue weighted by atomic mass is 10.1. The average Bonchev–Trinajstić information content (AvgIpc) is 2.78. The normalized spacial score (nSPS) is 16.6. The van der Waals surface area contributed by atoms with E-state index >= 15 is 0 Å². The predicted molar refractivity (Wildman–Crippen MR) is 86.9 cm³/mol. The first-order valence-electron chi connectivity index (χ1n) is 6.85. The van der Waals surface area contributed by atoms with Gasteiger partial charge >= 0.3 is 0 Å². The number of aryl methyl sites for hydroxylation is 1. The van der Waals surface area contributed by atoms with E-state index in [2.05, 4.69) is 4.98 Å². The Bertz CT molecular complexity index is 739. The van der Waals surface area contributed by atoms with Crippen molar-refractivity contribution in [2.24, 2.45) is 0 Å². The fourth-order valence-corrected chi connectivity index (χ4v) is 2.93. The highest BCUT2D eigenvalue weighted by molar-refractivity contribution is 8.18. The number of rotatable bonds is 3. The van der Waals surface area contributed by atoms with Gasteiger partial charge in [-0.05, 0) is 42.5 Å². The SMILES string of the molecule is Cc1ccc(CN2C(=O)S/C(=C/c3ccccn3)C2=O)cc1. The zero-order chi connectivity index (χ0) is 15.5. The molecule has 110 valence electrons. The van der Waals surface area contributed by atoms with Gasteiger partial charge in [0.15, 0.2) is 0 Å². The molecule has 0 radical (unpaired) electrons. The zero-order valence-corrected chi connectivity index (χ0v) is 12.8. The summed E-state index contributed by atoms with van der Waals surface area (Å²) < 4.78 is 0. The van der Waals surface area contributed by atoms with E-state index in [4.69, 9.17) is 0 Å². The van der Waals surface area contributed by atoms with Crippen molar-refractivity contribution in [2.45, 2.75) is 13.5 Å². The summed E-state index contributed by atoms with van der Waals surface area (Å²) in [5.74, 6) is -0.263. The van der Waals surface area contributed by atoms with Crippen LogP contribution in [0.3, 0.4) is 0 Å². The number of thioether (sulfide) groups is 1. The number of pyridine rings is 1. The van der Waals surface area contributed by atoms with Gasteiger partial charge in [0.25, 0.3) is 11.1 Å². The number of hydrogen-bond donors (Lipinski definition) is 0. The molecule has 0 atom stereocenters. The van der Waals surface area contributed by atoms with Crippen molar-refractivity contribution in [2.75, 3.05) is 0 Å². The molecule has 1 aliphatic heterocycles. The van der Waals surface area contributed by atoms with Gasteiger partial charge in [-0.1, -0.05) is 35.9 Å². The molecule has 2 amide bonds. The highest BCUT2D eigenvalue weighted by Gasteiger charge is 2.34. The summed E-state index contributed by atoms with van der Waals surface area (Å²) in [5, 5.41) is -0.243. The van der Waals surface area contributed by atoms with Gasteiger partial charge in [-0.25, -0.2) is 0 Å². The number of nitrogens with zero attached hydrogens (tertiary/aromatic N) is 2. The Morgan fingerprint density at radius 3 is 2.59 bits per heavy atom. The second-order valence-electron chi connectivity index (χ2n) is 5.01. The van der Waals surface area contributed by atoms with Crippen LogP contribution in [0.2, 0.25) is 0 Å². The minimum absolute atomic E-state index is 0.243. The van der Waals surface area contributed by atoms with E-state index in [1.54, 1.807) is 24.4 Å². The number of imide groups is 1. The quantitative estimate of drug-likeness (QED) is 0.812. The van der Waals surface area contributed by atoms with Crippen LogP contribution in [0.4, 0.5) is 4.79 Å². The molecule has 0 N–H and O–H groups in total. The molecule has 1 aromatic heterocycles. The van der Waals surface area contributed by atoms with Crippen molar-refractivity contribution >= 4 is 29.0 Å². The maximum absolute atomic E-state index is 12.4. The van der Waals surface area contributed by atoms with Gasteiger partial charge < -0.3 is 0 Å². The minimum atomic E-state index is -0.263. The van der Waals surface area contributed by atoms with Gasteiger partial charge in [-0.2, -0.15) is 0 Å². The standard InChI is InChI=1S/C17H14N2O2S/c1-12-5-7-13(8-6-12)11-19-16(20)15(22-17(19)21)10-14-4-2-3-9-18-14/h2-10H,11H2,1H3/b15-10+. The molecule has 0 bridgehead atoms. The Morgan fingerprint density at radius 2 is 1.91 bits per heavy atom. The maximum atomic E-state index is 12.4. The third-order valence-corrected chi connectivity index (χ3v) is 4.21. The number of aromatic nitrogens is 1. The zero-order valence-electron chi connectivity index (χ0n) is 12.0. The van der Waals surface area contributed by atoms with Gasteiger partial charge in [-0.3, -0.25) is 19.5 Å². The van der Waals surface area contributed by atoms with Crippen molar-refractivity contribution in [3.63, 3.8) is 0 Å². The molecule has 5 heteroatoms. The molecule has 0 saturated carbocycles. The molecule has 4 nitrogen and oxygen atoms in total. The lowest BCUT2D eigenvalue weighted by Crippen LogP contribution is -2.27. The molecular weight excluding hydrogens is 296 g/mol. The second kappa shape index (κ2) is 6.15. The van der Waals surface area contributed by atoms with Gasteiger partial charge in [-0.15, -0.1) is 0 Å². The molecular formula is C17H14N2O2S. The van der Waals surface area contributed by atoms with Gasteiger partial charge in [0, 0.05) is 6.20 Å². The van der Waals surface area contributed by atoms with Crippen LogP contribution in [-0.4, -0.2) is 21.0 Å². The molecule has 0 aliphatic carbocycles. The summed E-state index contributed by atoms with van der Waals surface area (Å²) in [6.07, 6.45) is 3.31. The number of carbonyl (C=O) groups is 2. The highest BCUT2D eigenvalue weighted by Crippen LogP contribution is 2.32. The number of amides is 2. The van der Waals surface area contributed by atoms with Gasteiger partial charge in [0.1, 0.15) is 0 Å². The van der Waals surface area contributed by atoms with E-state index in [0.717, 1.165) is 22.9 Å². The van der Waals surface area contributed by atoms with Gasteiger partial charge in [0.05, 0.1) is 17.1 Å². The van der Waals surface area contributed by atoms with Crippen LogP contribution in [0, 0.1) is 6.92 Å². The molecule has 1 aromatic carbocycles. The van der Waals surface area contributed by atoms with E-state index in [1.807, 2.05) is 37.3 Å². The Kier molecular flexibility index (Phi) is 4.06. The molecule has 2 heterocycles. The Morgan fingerprint density at radius 1 is 1.14 bits per heavy atom. The van der Waals surface area contributed by atoms with Crippen LogP contribution < -0.4 is 0 Å². The van der Waals surface area contributed by atoms with E-state index in [-0.39, 0.29) is 11.1 Å². The van der Waals surface area contributed by atoms with Crippen LogP contribution in [0.1, 0.15) is 16.8 Å². The largest absolute Gasteiger partial charge is 0.293 e. The lowest BCUT2D eigenvalue weighted by molar-refractivity contribution is -0.123. The molecule has 0 unspecified atom stereocenters. The third kappa shape index (κ3) is 3.09. The van der Waals surface area contributed by atoms with E-state index in [0.29, 0.717) is 17.1 Å². The first-order valence-corrected chi connectivity index (χ1v) is 7.67. The number of benzene rings is 1. The number of hydrogen-bond acceptors (Lipinski definition) is 4. The van der Waals surface area contributed by atoms with Crippen LogP contribution in [0.15, 0.2) is 53.6 Å². The topological polar surface area (TPSA) is 50.3 Å². The third-order valence-electron chi connectivity index (χ3n) is 3.30. The van der Waals surface area contributed by atoms with E-state index < -0.39 is 0 Å². The average molecular weight is 310 g/mol. The summed E-state index contributed by atoms with van der Waals surface area (Å²) >= 11 is 0.958. The summed E-state index contributed by atoms with van der Waals surface area (Å²) in [7, 11) is 0. The monoisotopic (exact) mass is 310 g/mol. The van der Waals surface area contributed by atoms with Crippen molar-refractivity contribution in [1.82, 2.24) is 9.88 Å². The molecule has 22 heavy (non-hydrogen) atoms. The molecule has 1 saturated heterocycles. The van der Waals surface area contributed by atoms with Crippen LogP contribution in [0.25, 0.3) is 6.08 Å². The molecule has 1 fully saturated rings. The first kappa shape index (κ1) is 14.5. The summed E-state index contributed by atoms with van der Waals surface area (Å²) in [5.41, 5.74) is 2.75. The van der Waals surface area contributed by atoms with Crippen LogP contribution in [0.5, 0.6) is 0 Å². The Balaban J connectivity index is 1.80. The Hall–Kier alpha value is -2.40. The van der Waals surface area contributed by atoms with E-state index in [1.165, 1.54) is 4.90 Å². The predicted octanol–water partition coefficient (Wildman–Crippen LogP) is 3.63. The van der Waals surface area contributed by atoms with Crippen LogP contribution in [-0.2, 0) is 11.3 Å². The molecule has 0 spiro atoms. The molecule has 1 aliphatic rings. The molecule has 3 rings (SSSR count). The highest BCUT2D eigenvalue weighted by atomic mass is 32.2. The minimum Gasteiger partial charge on any atom is -0.268 e. The van der Waals surface area contributed by atoms with Crippen molar-refractivity contribution in [1.29, 1.82) is 0 Å². The van der Waals surface area contributed by atoms with E-state index in [9.17, 15) is 9.59 Å². The fraction of sp³-hybridized carbons (Fsp3) is 0.118. The van der Waals surface area contributed by atoms with Gasteiger partial charge in [0.2, 0.25) is 0 Å².